The molecule has 0 aromatic heterocycles. The van der Waals surface area contributed by atoms with Crippen molar-refractivity contribution in [2.24, 2.45) is 5.73 Å². The van der Waals surface area contributed by atoms with Crippen molar-refractivity contribution in [3.63, 3.8) is 0 Å². The van der Waals surface area contributed by atoms with Crippen molar-refractivity contribution in [3.8, 4) is 0 Å². The lowest BCUT2D eigenvalue weighted by Gasteiger charge is -2.17. The molecule has 5 N–H and O–H groups in total. The molecule has 0 saturated heterocycles. The number of carboxylic acids is 2. The van der Waals surface area contributed by atoms with Gasteiger partial charge in [0.1, 0.15) is 0 Å². The first-order valence-electron chi connectivity index (χ1n) is 4.86. The van der Waals surface area contributed by atoms with Gasteiger partial charge in [0.05, 0.1) is 18.9 Å². The molecule has 0 rings (SSSR count). The zero-order valence-electron chi connectivity index (χ0n) is 8.97. The molecule has 92 valence electrons. The van der Waals surface area contributed by atoms with Gasteiger partial charge in [0.25, 0.3) is 0 Å². The van der Waals surface area contributed by atoms with E-state index in [0.717, 1.165) is 0 Å². The summed E-state index contributed by atoms with van der Waals surface area (Å²) in [6.45, 7) is 1.72. The van der Waals surface area contributed by atoms with Crippen LogP contribution in [0.3, 0.4) is 0 Å². The van der Waals surface area contributed by atoms with E-state index in [1.807, 2.05) is 0 Å². The zero-order valence-corrected chi connectivity index (χ0v) is 8.97. The molecule has 0 bridgehead atoms. The zero-order chi connectivity index (χ0) is 12.7. The van der Waals surface area contributed by atoms with Crippen molar-refractivity contribution in [3.05, 3.63) is 0 Å². The fourth-order valence-electron chi connectivity index (χ4n) is 1.10. The van der Waals surface area contributed by atoms with Crippen molar-refractivity contribution < 1.29 is 24.6 Å². The number of nitrogens with one attached hydrogen (secondary N) is 1. The van der Waals surface area contributed by atoms with Gasteiger partial charge in [-0.1, -0.05) is 6.92 Å². The third kappa shape index (κ3) is 5.97. The van der Waals surface area contributed by atoms with Crippen LogP contribution in [0.25, 0.3) is 0 Å². The maximum atomic E-state index is 11.3. The van der Waals surface area contributed by atoms with Crippen molar-refractivity contribution in [1.82, 2.24) is 5.32 Å². The van der Waals surface area contributed by atoms with Crippen LogP contribution in [0.2, 0.25) is 0 Å². The minimum atomic E-state index is -1.17. The van der Waals surface area contributed by atoms with Crippen LogP contribution in [0, 0.1) is 0 Å². The summed E-state index contributed by atoms with van der Waals surface area (Å²) in [6.07, 6.45) is -0.241. The summed E-state index contributed by atoms with van der Waals surface area (Å²) in [4.78, 5) is 32.1. The highest BCUT2D eigenvalue weighted by Crippen LogP contribution is 1.99. The summed E-state index contributed by atoms with van der Waals surface area (Å²) < 4.78 is 0. The summed E-state index contributed by atoms with van der Waals surface area (Å²) in [5.41, 5.74) is 5.31. The molecule has 0 aliphatic carbocycles. The van der Waals surface area contributed by atoms with Gasteiger partial charge in [-0.3, -0.25) is 14.4 Å². The van der Waals surface area contributed by atoms with Crippen LogP contribution >= 0.6 is 0 Å². The first kappa shape index (κ1) is 14.4. The fraction of sp³-hybridized carbons (Fsp3) is 0.667. The van der Waals surface area contributed by atoms with Crippen molar-refractivity contribution in [2.45, 2.75) is 38.3 Å². The van der Waals surface area contributed by atoms with Crippen molar-refractivity contribution in [2.75, 3.05) is 0 Å². The molecule has 0 aliphatic heterocycles. The Kier molecular flexibility index (Phi) is 6.09. The Morgan fingerprint density at radius 3 is 2.06 bits per heavy atom. The molecule has 0 aromatic carbocycles. The highest BCUT2D eigenvalue weighted by Gasteiger charge is 2.20. The highest BCUT2D eigenvalue weighted by atomic mass is 16.4. The topological polar surface area (TPSA) is 130 Å². The molecule has 0 heterocycles. The van der Waals surface area contributed by atoms with Gasteiger partial charge in [-0.25, -0.2) is 0 Å². The Bertz CT molecular complexity index is 279. The monoisotopic (exact) mass is 232 g/mol. The van der Waals surface area contributed by atoms with Gasteiger partial charge in [-0.2, -0.15) is 0 Å². The number of amides is 1. The molecule has 0 fully saturated rings. The largest absolute Gasteiger partial charge is 0.481 e. The summed E-state index contributed by atoms with van der Waals surface area (Å²) in [5, 5.41) is 19.3. The molecular weight excluding hydrogens is 216 g/mol. The summed E-state index contributed by atoms with van der Waals surface area (Å²) >= 11 is 0. The van der Waals surface area contributed by atoms with Gasteiger partial charge in [0, 0.05) is 6.04 Å². The average molecular weight is 232 g/mol. The first-order chi connectivity index (χ1) is 7.36. The molecule has 0 saturated carbocycles. The van der Waals surface area contributed by atoms with Gasteiger partial charge in [-0.05, 0) is 6.42 Å². The van der Waals surface area contributed by atoms with E-state index in [9.17, 15) is 14.4 Å². The number of carboxylic acid groups (broad SMARTS) is 2. The first-order valence-corrected chi connectivity index (χ1v) is 4.86. The lowest BCUT2D eigenvalue weighted by Crippen LogP contribution is -2.46. The normalized spacial score (nSPS) is 13.9. The third-order valence-electron chi connectivity index (χ3n) is 1.99. The highest BCUT2D eigenvalue weighted by molar-refractivity contribution is 5.86. The molecule has 2 atom stereocenters. The summed E-state index contributed by atoms with van der Waals surface area (Å²) in [6, 6.07) is -1.68. The number of rotatable bonds is 7. The maximum Gasteiger partial charge on any atom is 0.305 e. The summed E-state index contributed by atoms with van der Waals surface area (Å²) in [7, 11) is 0. The van der Waals surface area contributed by atoms with E-state index < -0.39 is 36.4 Å². The minimum Gasteiger partial charge on any atom is -0.481 e. The Morgan fingerprint density at radius 2 is 1.69 bits per heavy atom. The third-order valence-corrected chi connectivity index (χ3v) is 1.99. The second-order valence-corrected chi connectivity index (χ2v) is 3.42. The van der Waals surface area contributed by atoms with Crippen molar-refractivity contribution in [1.29, 1.82) is 0 Å². The summed E-state index contributed by atoms with van der Waals surface area (Å²) in [5.74, 6) is -2.84. The van der Waals surface area contributed by atoms with Gasteiger partial charge in [-0.15, -0.1) is 0 Å². The SMILES string of the molecule is CCC(CC(=O)O)NC(=O)C(N)CC(=O)O. The maximum absolute atomic E-state index is 11.3. The van der Waals surface area contributed by atoms with Crippen LogP contribution < -0.4 is 11.1 Å². The van der Waals surface area contributed by atoms with Gasteiger partial charge < -0.3 is 21.3 Å². The number of aliphatic carboxylic acids is 2. The van der Waals surface area contributed by atoms with E-state index in [1.165, 1.54) is 0 Å². The standard InChI is InChI=1S/C9H16N2O5/c1-2-5(3-7(12)13)11-9(16)6(10)4-8(14)15/h5-6H,2-4,10H2,1H3,(H,11,16)(H,12,13)(H,14,15). The van der Waals surface area contributed by atoms with Crippen LogP contribution in [0.5, 0.6) is 0 Å². The predicted octanol–water partition coefficient (Wildman–Crippen LogP) is -0.842. The Labute approximate surface area is 92.6 Å². The Balaban J connectivity index is 4.18. The minimum absolute atomic E-state index is 0.206. The van der Waals surface area contributed by atoms with Crippen molar-refractivity contribution >= 4 is 17.8 Å². The molecule has 7 heteroatoms. The van der Waals surface area contributed by atoms with Gasteiger partial charge >= 0.3 is 11.9 Å². The van der Waals surface area contributed by atoms with E-state index in [0.29, 0.717) is 6.42 Å². The molecule has 16 heavy (non-hydrogen) atoms. The molecule has 0 aliphatic rings. The molecule has 2 unspecified atom stereocenters. The van der Waals surface area contributed by atoms with E-state index in [2.05, 4.69) is 5.32 Å². The van der Waals surface area contributed by atoms with E-state index in [-0.39, 0.29) is 6.42 Å². The van der Waals surface area contributed by atoms with E-state index in [4.69, 9.17) is 15.9 Å². The Morgan fingerprint density at radius 1 is 1.19 bits per heavy atom. The second-order valence-electron chi connectivity index (χ2n) is 3.42. The van der Waals surface area contributed by atoms with Crippen LogP contribution in [0.15, 0.2) is 0 Å². The second kappa shape index (κ2) is 6.78. The van der Waals surface area contributed by atoms with Crippen LogP contribution in [-0.4, -0.2) is 40.1 Å². The number of carbonyl (C=O) groups excluding carboxylic acids is 1. The lowest BCUT2D eigenvalue weighted by molar-refractivity contribution is -0.140. The van der Waals surface area contributed by atoms with Gasteiger partial charge in [0.2, 0.25) is 5.91 Å². The smallest absolute Gasteiger partial charge is 0.305 e. The van der Waals surface area contributed by atoms with Crippen LogP contribution in [-0.2, 0) is 14.4 Å². The average Bonchev–Trinajstić information content (AvgIpc) is 2.14. The molecular formula is C9H16N2O5. The van der Waals surface area contributed by atoms with Crippen LogP contribution in [0.4, 0.5) is 0 Å². The number of hydrogen-bond acceptors (Lipinski definition) is 4. The predicted molar refractivity (Wildman–Crippen MR) is 54.7 cm³/mol. The number of carbonyl (C=O) groups is 3. The quantitative estimate of drug-likeness (QED) is 0.452. The van der Waals surface area contributed by atoms with Crippen LogP contribution in [0.1, 0.15) is 26.2 Å². The van der Waals surface area contributed by atoms with E-state index >= 15 is 0 Å². The molecule has 0 spiro atoms. The lowest BCUT2D eigenvalue weighted by atomic mass is 10.1. The molecule has 0 aromatic rings. The molecule has 7 nitrogen and oxygen atoms in total. The number of nitrogens with two attached hydrogens (primary N) is 1. The Hall–Kier alpha value is -1.63. The molecule has 1 amide bonds. The van der Waals surface area contributed by atoms with Gasteiger partial charge in [0.15, 0.2) is 0 Å². The van der Waals surface area contributed by atoms with E-state index in [1.54, 1.807) is 6.92 Å². The number of hydrogen-bond donors (Lipinski definition) is 4. The molecule has 0 radical (unpaired) electrons. The fourth-order valence-corrected chi connectivity index (χ4v) is 1.10.